The maximum Gasteiger partial charge on any atom is 0.0905 e. The molecule has 3 nitrogen and oxygen atoms in total. The molecule has 4 heteroatoms. The van der Waals surface area contributed by atoms with Crippen molar-refractivity contribution in [3.8, 4) is 0 Å². The second-order valence-electron chi connectivity index (χ2n) is 4.46. The number of hydrogen-bond donors (Lipinski definition) is 2. The summed E-state index contributed by atoms with van der Waals surface area (Å²) in [6.07, 6.45) is 4.41. The standard InChI is InChI=1S/C12H19N3S/c13-12(14)2-1-6-15(11-3-4-11)8-10-5-7-16-9-10/h5,7,9,11H,1-4,6,8H2,(H3,13,14). The van der Waals surface area contributed by atoms with Crippen molar-refractivity contribution in [1.82, 2.24) is 4.90 Å². The van der Waals surface area contributed by atoms with E-state index in [1.54, 1.807) is 11.3 Å². The lowest BCUT2D eigenvalue weighted by Crippen LogP contribution is -2.27. The number of nitrogens with two attached hydrogens (primary N) is 1. The van der Waals surface area contributed by atoms with Crippen LogP contribution in [-0.4, -0.2) is 23.3 Å². The molecule has 0 spiro atoms. The molecule has 1 aliphatic carbocycles. The zero-order valence-electron chi connectivity index (χ0n) is 9.48. The van der Waals surface area contributed by atoms with Gasteiger partial charge in [0.15, 0.2) is 0 Å². The molecule has 1 saturated carbocycles. The summed E-state index contributed by atoms with van der Waals surface area (Å²) in [4.78, 5) is 2.53. The molecule has 16 heavy (non-hydrogen) atoms. The van der Waals surface area contributed by atoms with E-state index in [1.165, 1.54) is 18.4 Å². The number of thiophene rings is 1. The van der Waals surface area contributed by atoms with E-state index in [0.29, 0.717) is 5.84 Å². The zero-order chi connectivity index (χ0) is 11.4. The van der Waals surface area contributed by atoms with Crippen molar-refractivity contribution in [2.75, 3.05) is 6.54 Å². The van der Waals surface area contributed by atoms with Gasteiger partial charge in [0, 0.05) is 19.0 Å². The average molecular weight is 237 g/mol. The Bertz CT molecular complexity index is 330. The second kappa shape index (κ2) is 5.46. The molecule has 0 saturated heterocycles. The molecular formula is C12H19N3S. The number of nitrogens with zero attached hydrogens (tertiary/aromatic N) is 1. The first-order chi connectivity index (χ1) is 7.75. The molecule has 88 valence electrons. The lowest BCUT2D eigenvalue weighted by molar-refractivity contribution is 0.253. The van der Waals surface area contributed by atoms with Crippen LogP contribution in [0.15, 0.2) is 16.8 Å². The van der Waals surface area contributed by atoms with E-state index in [4.69, 9.17) is 11.1 Å². The molecule has 1 aromatic heterocycles. The Balaban J connectivity index is 1.78. The quantitative estimate of drug-likeness (QED) is 0.565. The summed E-state index contributed by atoms with van der Waals surface area (Å²) in [5, 5.41) is 11.6. The number of rotatable bonds is 7. The summed E-state index contributed by atoms with van der Waals surface area (Å²) in [5.41, 5.74) is 6.79. The minimum atomic E-state index is 0.311. The molecule has 0 aliphatic heterocycles. The molecule has 0 atom stereocenters. The van der Waals surface area contributed by atoms with Crippen LogP contribution in [0.25, 0.3) is 0 Å². The molecule has 0 bridgehead atoms. The highest BCUT2D eigenvalue weighted by Gasteiger charge is 2.28. The molecule has 1 aromatic rings. The van der Waals surface area contributed by atoms with Gasteiger partial charge >= 0.3 is 0 Å². The average Bonchev–Trinajstić information content (AvgIpc) is 2.96. The highest BCUT2D eigenvalue weighted by molar-refractivity contribution is 7.07. The smallest absolute Gasteiger partial charge is 0.0905 e. The third-order valence-corrected chi connectivity index (χ3v) is 3.65. The first kappa shape index (κ1) is 11.6. The summed E-state index contributed by atoms with van der Waals surface area (Å²) >= 11 is 1.76. The van der Waals surface area contributed by atoms with Gasteiger partial charge in [-0.3, -0.25) is 10.3 Å². The van der Waals surface area contributed by atoms with Crippen LogP contribution in [0, 0.1) is 5.41 Å². The van der Waals surface area contributed by atoms with Crippen LogP contribution in [0.4, 0.5) is 0 Å². The predicted octanol–water partition coefficient (Wildman–Crippen LogP) is 2.43. The first-order valence-electron chi connectivity index (χ1n) is 5.84. The predicted molar refractivity (Wildman–Crippen MR) is 68.9 cm³/mol. The Labute approximate surface area is 101 Å². The minimum Gasteiger partial charge on any atom is -0.388 e. The van der Waals surface area contributed by atoms with Crippen LogP contribution in [0.5, 0.6) is 0 Å². The van der Waals surface area contributed by atoms with Crippen LogP contribution >= 0.6 is 11.3 Å². The fourth-order valence-corrected chi connectivity index (χ4v) is 2.58. The molecule has 1 fully saturated rings. The normalized spacial score (nSPS) is 15.6. The van der Waals surface area contributed by atoms with Crippen LogP contribution in [-0.2, 0) is 6.54 Å². The molecule has 3 N–H and O–H groups in total. The SMILES string of the molecule is N=C(N)CCCN(Cc1ccsc1)C1CC1. The van der Waals surface area contributed by atoms with Gasteiger partial charge in [0.25, 0.3) is 0 Å². The lowest BCUT2D eigenvalue weighted by Gasteiger charge is -2.21. The van der Waals surface area contributed by atoms with Gasteiger partial charge in [-0.2, -0.15) is 11.3 Å². The molecule has 0 unspecified atom stereocenters. The van der Waals surface area contributed by atoms with Gasteiger partial charge in [-0.1, -0.05) is 0 Å². The van der Waals surface area contributed by atoms with Crippen molar-refractivity contribution in [2.24, 2.45) is 5.73 Å². The topological polar surface area (TPSA) is 53.1 Å². The summed E-state index contributed by atoms with van der Waals surface area (Å²) in [5.74, 6) is 0.311. The summed E-state index contributed by atoms with van der Waals surface area (Å²) < 4.78 is 0. The highest BCUT2D eigenvalue weighted by Crippen LogP contribution is 2.28. The maximum atomic E-state index is 7.22. The van der Waals surface area contributed by atoms with E-state index >= 15 is 0 Å². The third kappa shape index (κ3) is 3.61. The Morgan fingerprint density at radius 2 is 2.38 bits per heavy atom. The summed E-state index contributed by atoms with van der Waals surface area (Å²) in [6, 6.07) is 2.98. The number of amidine groups is 1. The molecule has 0 amide bonds. The van der Waals surface area contributed by atoms with Crippen LogP contribution < -0.4 is 5.73 Å². The summed E-state index contributed by atoms with van der Waals surface area (Å²) in [6.45, 7) is 2.13. The van der Waals surface area contributed by atoms with Crippen molar-refractivity contribution in [3.05, 3.63) is 22.4 Å². The third-order valence-electron chi connectivity index (χ3n) is 2.92. The van der Waals surface area contributed by atoms with Crippen molar-refractivity contribution in [3.63, 3.8) is 0 Å². The number of hydrogen-bond acceptors (Lipinski definition) is 3. The van der Waals surface area contributed by atoms with E-state index in [-0.39, 0.29) is 0 Å². The summed E-state index contributed by atoms with van der Waals surface area (Å²) in [7, 11) is 0. The van der Waals surface area contributed by atoms with Crippen molar-refractivity contribution in [1.29, 1.82) is 5.41 Å². The van der Waals surface area contributed by atoms with Gasteiger partial charge in [-0.05, 0) is 48.2 Å². The molecule has 0 radical (unpaired) electrons. The molecule has 0 aromatic carbocycles. The lowest BCUT2D eigenvalue weighted by atomic mass is 10.2. The van der Waals surface area contributed by atoms with E-state index in [1.807, 2.05) is 0 Å². The molecule has 1 aliphatic rings. The Hall–Kier alpha value is -0.870. The van der Waals surface area contributed by atoms with Crippen molar-refractivity contribution < 1.29 is 0 Å². The second-order valence-corrected chi connectivity index (χ2v) is 5.24. The molecule has 2 rings (SSSR count). The van der Waals surface area contributed by atoms with Gasteiger partial charge < -0.3 is 5.73 Å². The number of nitrogens with one attached hydrogen (secondary N) is 1. The van der Waals surface area contributed by atoms with Crippen LogP contribution in [0.1, 0.15) is 31.2 Å². The van der Waals surface area contributed by atoms with E-state index in [2.05, 4.69) is 21.7 Å². The van der Waals surface area contributed by atoms with Crippen molar-refractivity contribution in [2.45, 2.75) is 38.3 Å². The Morgan fingerprint density at radius 3 is 2.94 bits per heavy atom. The van der Waals surface area contributed by atoms with E-state index in [0.717, 1.165) is 32.0 Å². The van der Waals surface area contributed by atoms with E-state index in [9.17, 15) is 0 Å². The van der Waals surface area contributed by atoms with Gasteiger partial charge in [-0.25, -0.2) is 0 Å². The minimum absolute atomic E-state index is 0.311. The monoisotopic (exact) mass is 237 g/mol. The van der Waals surface area contributed by atoms with Gasteiger partial charge in [-0.15, -0.1) is 0 Å². The van der Waals surface area contributed by atoms with Crippen LogP contribution in [0.2, 0.25) is 0 Å². The van der Waals surface area contributed by atoms with Gasteiger partial charge in [0.1, 0.15) is 0 Å². The fraction of sp³-hybridized carbons (Fsp3) is 0.583. The zero-order valence-corrected chi connectivity index (χ0v) is 10.3. The fourth-order valence-electron chi connectivity index (χ4n) is 1.92. The van der Waals surface area contributed by atoms with Crippen LogP contribution in [0.3, 0.4) is 0 Å². The largest absolute Gasteiger partial charge is 0.388 e. The molecular weight excluding hydrogens is 218 g/mol. The van der Waals surface area contributed by atoms with E-state index < -0.39 is 0 Å². The van der Waals surface area contributed by atoms with Gasteiger partial charge in [0.05, 0.1) is 5.84 Å². The maximum absolute atomic E-state index is 7.22. The Kier molecular flexibility index (Phi) is 3.96. The molecule has 1 heterocycles. The van der Waals surface area contributed by atoms with Gasteiger partial charge in [0.2, 0.25) is 0 Å². The van der Waals surface area contributed by atoms with Crippen molar-refractivity contribution >= 4 is 17.2 Å². The highest BCUT2D eigenvalue weighted by atomic mass is 32.1. The first-order valence-corrected chi connectivity index (χ1v) is 6.78. The Morgan fingerprint density at radius 1 is 1.56 bits per heavy atom.